The quantitative estimate of drug-likeness (QED) is 0.296. The summed E-state index contributed by atoms with van der Waals surface area (Å²) in [7, 11) is 0. The minimum atomic E-state index is -0.714. The third-order valence-electron chi connectivity index (χ3n) is 3.15. The van der Waals surface area contributed by atoms with Crippen LogP contribution in [0.3, 0.4) is 0 Å². The molecule has 0 aliphatic heterocycles. The minimum Gasteiger partial charge on any atom is -0.481 e. The molecule has 0 bridgehead atoms. The van der Waals surface area contributed by atoms with Crippen molar-refractivity contribution in [3.05, 3.63) is 36.5 Å². The van der Waals surface area contributed by atoms with Gasteiger partial charge in [-0.2, -0.15) is 0 Å². The lowest BCUT2D eigenvalue weighted by molar-refractivity contribution is -0.137. The summed E-state index contributed by atoms with van der Waals surface area (Å²) in [6, 6.07) is 0. The van der Waals surface area contributed by atoms with E-state index in [1.807, 2.05) is 18.2 Å². The Hall–Kier alpha value is -1.35. The van der Waals surface area contributed by atoms with Crippen LogP contribution in [0.1, 0.15) is 64.7 Å². The van der Waals surface area contributed by atoms with E-state index in [0.717, 1.165) is 51.4 Å². The van der Waals surface area contributed by atoms with Gasteiger partial charge in [0.15, 0.2) is 0 Å². The largest absolute Gasteiger partial charge is 0.481 e. The van der Waals surface area contributed by atoms with Crippen LogP contribution in [0.25, 0.3) is 0 Å². The van der Waals surface area contributed by atoms with Gasteiger partial charge in [-0.3, -0.25) is 4.79 Å². The van der Waals surface area contributed by atoms with E-state index in [1.165, 1.54) is 0 Å². The lowest BCUT2D eigenvalue weighted by atomic mass is 10.1. The number of hydrogen-bond donors (Lipinski definition) is 2. The Morgan fingerprint density at radius 1 is 1.00 bits per heavy atom. The zero-order valence-corrected chi connectivity index (χ0v) is 13.2. The third-order valence-corrected chi connectivity index (χ3v) is 3.15. The van der Waals surface area contributed by atoms with Crippen molar-refractivity contribution in [1.82, 2.24) is 0 Å². The molecule has 0 radical (unpaired) electrons. The standard InChI is InChI=1S/C18H30O3/c1-2-3-4-5-6-8-11-14-17(19)15-12-9-7-10-13-16-18(20)21/h3-4,6,8,11,14,17,19H,2,5,7,9-10,12-13,15-16H2,1H3,(H,20,21)/b4-3-,8-6-,14-11+/t17-/m1/s1. The highest BCUT2D eigenvalue weighted by molar-refractivity contribution is 5.66. The Labute approximate surface area is 129 Å². The van der Waals surface area contributed by atoms with Crippen LogP contribution in [0.4, 0.5) is 0 Å². The van der Waals surface area contributed by atoms with Crippen molar-refractivity contribution in [2.45, 2.75) is 70.8 Å². The molecular weight excluding hydrogens is 264 g/mol. The second kappa shape index (κ2) is 15.0. The van der Waals surface area contributed by atoms with Crippen molar-refractivity contribution >= 4 is 5.97 Å². The van der Waals surface area contributed by atoms with Crippen LogP contribution >= 0.6 is 0 Å². The van der Waals surface area contributed by atoms with Gasteiger partial charge in [0.2, 0.25) is 0 Å². The summed E-state index contributed by atoms with van der Waals surface area (Å²) in [5, 5.41) is 18.3. The van der Waals surface area contributed by atoms with Gasteiger partial charge in [-0.25, -0.2) is 0 Å². The highest BCUT2D eigenvalue weighted by atomic mass is 16.4. The molecule has 3 nitrogen and oxygen atoms in total. The Bertz CT molecular complexity index is 329. The molecule has 0 saturated carbocycles. The molecule has 0 aromatic carbocycles. The van der Waals surface area contributed by atoms with Crippen molar-refractivity contribution in [2.75, 3.05) is 0 Å². The molecule has 0 aliphatic carbocycles. The smallest absolute Gasteiger partial charge is 0.303 e. The number of allylic oxidation sites excluding steroid dienone is 5. The lowest BCUT2D eigenvalue weighted by Crippen LogP contribution is -2.01. The molecule has 0 saturated heterocycles. The topological polar surface area (TPSA) is 57.5 Å². The molecule has 0 amide bonds. The zero-order chi connectivity index (χ0) is 15.8. The summed E-state index contributed by atoms with van der Waals surface area (Å²) in [6.07, 6.45) is 19.5. The van der Waals surface area contributed by atoms with Gasteiger partial charge < -0.3 is 10.2 Å². The Balaban J connectivity index is 3.46. The molecule has 1 atom stereocenters. The maximum atomic E-state index is 10.3. The van der Waals surface area contributed by atoms with Crippen LogP contribution < -0.4 is 0 Å². The molecule has 120 valence electrons. The number of carboxylic acid groups (broad SMARTS) is 1. The summed E-state index contributed by atoms with van der Waals surface area (Å²) in [4.78, 5) is 10.3. The average Bonchev–Trinajstić information content (AvgIpc) is 2.45. The van der Waals surface area contributed by atoms with Gasteiger partial charge in [0.1, 0.15) is 0 Å². The number of carboxylic acids is 1. The zero-order valence-electron chi connectivity index (χ0n) is 13.2. The number of carbonyl (C=O) groups is 1. The fraction of sp³-hybridized carbons (Fsp3) is 0.611. The molecule has 0 unspecified atom stereocenters. The maximum absolute atomic E-state index is 10.3. The highest BCUT2D eigenvalue weighted by Gasteiger charge is 1.99. The third kappa shape index (κ3) is 16.6. The second-order valence-corrected chi connectivity index (χ2v) is 5.20. The van der Waals surface area contributed by atoms with Crippen molar-refractivity contribution in [3.8, 4) is 0 Å². The summed E-state index contributed by atoms with van der Waals surface area (Å²) in [5.41, 5.74) is 0. The van der Waals surface area contributed by atoms with E-state index in [9.17, 15) is 9.90 Å². The number of unbranched alkanes of at least 4 members (excludes halogenated alkanes) is 4. The van der Waals surface area contributed by atoms with Crippen LogP contribution in [0, 0.1) is 0 Å². The van der Waals surface area contributed by atoms with E-state index in [4.69, 9.17) is 5.11 Å². The van der Waals surface area contributed by atoms with E-state index < -0.39 is 5.97 Å². The summed E-state index contributed by atoms with van der Waals surface area (Å²) >= 11 is 0. The first-order valence-electron chi connectivity index (χ1n) is 8.05. The first-order valence-corrected chi connectivity index (χ1v) is 8.05. The van der Waals surface area contributed by atoms with E-state index in [2.05, 4.69) is 25.2 Å². The monoisotopic (exact) mass is 294 g/mol. The molecule has 0 aromatic heterocycles. The van der Waals surface area contributed by atoms with Gasteiger partial charge >= 0.3 is 5.97 Å². The van der Waals surface area contributed by atoms with Gasteiger partial charge in [0, 0.05) is 6.42 Å². The normalized spacial score (nSPS) is 13.6. The number of hydrogen-bond acceptors (Lipinski definition) is 2. The van der Waals surface area contributed by atoms with Crippen LogP contribution in [0.2, 0.25) is 0 Å². The maximum Gasteiger partial charge on any atom is 0.303 e. The number of aliphatic hydroxyl groups is 1. The van der Waals surface area contributed by atoms with Crippen molar-refractivity contribution in [1.29, 1.82) is 0 Å². The number of rotatable bonds is 13. The highest BCUT2D eigenvalue weighted by Crippen LogP contribution is 2.09. The van der Waals surface area contributed by atoms with E-state index in [-0.39, 0.29) is 12.5 Å². The van der Waals surface area contributed by atoms with E-state index in [0.29, 0.717) is 0 Å². The first-order chi connectivity index (χ1) is 10.2. The summed E-state index contributed by atoms with van der Waals surface area (Å²) < 4.78 is 0. The Morgan fingerprint density at radius 2 is 1.71 bits per heavy atom. The van der Waals surface area contributed by atoms with Crippen LogP contribution in [0.5, 0.6) is 0 Å². The minimum absolute atomic E-state index is 0.269. The van der Waals surface area contributed by atoms with Crippen molar-refractivity contribution in [3.63, 3.8) is 0 Å². The molecule has 0 aliphatic rings. The van der Waals surface area contributed by atoms with Crippen LogP contribution in [0.15, 0.2) is 36.5 Å². The molecule has 0 fully saturated rings. The molecular formula is C18H30O3. The summed E-state index contributed by atoms with van der Waals surface area (Å²) in [6.45, 7) is 2.11. The van der Waals surface area contributed by atoms with Gasteiger partial charge in [0.25, 0.3) is 0 Å². The van der Waals surface area contributed by atoms with Crippen LogP contribution in [-0.4, -0.2) is 22.3 Å². The second-order valence-electron chi connectivity index (χ2n) is 5.20. The van der Waals surface area contributed by atoms with Gasteiger partial charge in [-0.05, 0) is 25.7 Å². The van der Waals surface area contributed by atoms with Gasteiger partial charge in [-0.15, -0.1) is 0 Å². The molecule has 2 N–H and O–H groups in total. The Kier molecular flexibility index (Phi) is 14.1. The SMILES string of the molecule is CC/C=C\C/C=C\C=C\[C@@H](O)CCCCCCCC(=O)O. The van der Waals surface area contributed by atoms with E-state index >= 15 is 0 Å². The number of aliphatic carboxylic acids is 1. The van der Waals surface area contributed by atoms with Crippen molar-refractivity contribution < 1.29 is 15.0 Å². The lowest BCUT2D eigenvalue weighted by Gasteiger charge is -2.04. The fourth-order valence-corrected chi connectivity index (χ4v) is 1.95. The first kappa shape index (κ1) is 19.7. The summed E-state index contributed by atoms with van der Waals surface area (Å²) in [5.74, 6) is -0.714. The molecule has 0 aromatic rings. The molecule has 0 heterocycles. The Morgan fingerprint density at radius 3 is 2.43 bits per heavy atom. The number of aliphatic hydroxyl groups excluding tert-OH is 1. The van der Waals surface area contributed by atoms with Crippen LogP contribution in [-0.2, 0) is 4.79 Å². The molecule has 0 rings (SSSR count). The molecule has 21 heavy (non-hydrogen) atoms. The van der Waals surface area contributed by atoms with Gasteiger partial charge in [-0.1, -0.05) is 69.1 Å². The fourth-order valence-electron chi connectivity index (χ4n) is 1.95. The molecule has 0 spiro atoms. The predicted molar refractivity (Wildman–Crippen MR) is 88.3 cm³/mol. The van der Waals surface area contributed by atoms with E-state index in [1.54, 1.807) is 0 Å². The predicted octanol–water partition coefficient (Wildman–Crippen LogP) is 4.63. The average molecular weight is 294 g/mol. The van der Waals surface area contributed by atoms with Gasteiger partial charge in [0.05, 0.1) is 6.10 Å². The molecule has 3 heteroatoms. The van der Waals surface area contributed by atoms with Crippen molar-refractivity contribution in [2.24, 2.45) is 0 Å².